The first kappa shape index (κ1) is 17.7. The molecule has 1 N–H and O–H groups in total. The number of benzene rings is 2. The molecule has 0 amide bonds. The molecular formula is C17H16ClN5O3. The molecule has 3 rings (SSSR count). The number of nitrogens with zero attached hydrogens (tertiary/aromatic N) is 5. The van der Waals surface area contributed by atoms with E-state index in [-0.39, 0.29) is 18.0 Å². The second-order valence-electron chi connectivity index (χ2n) is 5.71. The normalized spacial score (nSPS) is 12.9. The van der Waals surface area contributed by atoms with E-state index in [1.54, 1.807) is 24.3 Å². The van der Waals surface area contributed by atoms with Crippen LogP contribution in [0, 0.1) is 10.1 Å². The topological polar surface area (TPSA) is 98.5 Å². The van der Waals surface area contributed by atoms with Gasteiger partial charge in [0.15, 0.2) is 0 Å². The van der Waals surface area contributed by atoms with E-state index in [1.807, 2.05) is 37.3 Å². The zero-order valence-corrected chi connectivity index (χ0v) is 14.6. The van der Waals surface area contributed by atoms with Gasteiger partial charge < -0.3 is 15.3 Å². The first-order valence-corrected chi connectivity index (χ1v) is 8.22. The average Bonchev–Trinajstić information content (AvgIpc) is 2.98. The van der Waals surface area contributed by atoms with E-state index in [9.17, 15) is 15.3 Å². The quantitative estimate of drug-likeness (QED) is 0.422. The van der Waals surface area contributed by atoms with Crippen molar-refractivity contribution in [1.82, 2.24) is 14.7 Å². The number of aromatic nitrogens is 3. The van der Waals surface area contributed by atoms with Crippen LogP contribution in [-0.2, 0) is 0 Å². The van der Waals surface area contributed by atoms with Crippen molar-refractivity contribution in [2.24, 2.45) is 4.99 Å². The molecular weight excluding hydrogens is 358 g/mol. The Morgan fingerprint density at radius 2 is 1.88 bits per heavy atom. The molecule has 0 bridgehead atoms. The van der Waals surface area contributed by atoms with Crippen molar-refractivity contribution < 1.29 is 10.1 Å². The average molecular weight is 374 g/mol. The summed E-state index contributed by atoms with van der Waals surface area (Å²) in [7, 11) is 0. The number of rotatable bonds is 5. The van der Waals surface area contributed by atoms with E-state index in [4.69, 9.17) is 11.6 Å². The summed E-state index contributed by atoms with van der Waals surface area (Å²) in [4.78, 5) is 16.4. The van der Waals surface area contributed by atoms with Crippen LogP contribution < -0.4 is 5.49 Å². The highest BCUT2D eigenvalue weighted by Gasteiger charge is 2.24. The first-order valence-electron chi connectivity index (χ1n) is 7.84. The monoisotopic (exact) mass is 373 g/mol. The largest absolute Gasteiger partial charge is 0.438 e. The van der Waals surface area contributed by atoms with Gasteiger partial charge in [0.1, 0.15) is 5.69 Å². The Labute approximate surface area is 153 Å². The maximum absolute atomic E-state index is 11.3. The Hall–Kier alpha value is -3.13. The van der Waals surface area contributed by atoms with Gasteiger partial charge >= 0.3 is 5.82 Å². The van der Waals surface area contributed by atoms with E-state index >= 15 is 0 Å². The Morgan fingerprint density at radius 3 is 2.50 bits per heavy atom. The van der Waals surface area contributed by atoms with Crippen LogP contribution in [0.3, 0.4) is 0 Å². The summed E-state index contributed by atoms with van der Waals surface area (Å²) in [5.74, 6) is -0.502. The van der Waals surface area contributed by atoms with Crippen molar-refractivity contribution in [2.45, 2.75) is 12.8 Å². The molecule has 2 aromatic carbocycles. The third-order valence-corrected chi connectivity index (χ3v) is 4.12. The summed E-state index contributed by atoms with van der Waals surface area (Å²) in [6.07, 6.45) is 0. The van der Waals surface area contributed by atoms with Gasteiger partial charge in [0, 0.05) is 17.5 Å². The van der Waals surface area contributed by atoms with Crippen LogP contribution in [0.2, 0.25) is 5.02 Å². The predicted octanol–water partition coefficient (Wildman–Crippen LogP) is 3.18. The van der Waals surface area contributed by atoms with Gasteiger partial charge in [0.05, 0.1) is 5.10 Å². The van der Waals surface area contributed by atoms with Gasteiger partial charge in [0.2, 0.25) is 0 Å². The van der Waals surface area contributed by atoms with Crippen LogP contribution in [0.15, 0.2) is 59.6 Å². The molecule has 0 spiro atoms. The van der Waals surface area contributed by atoms with Crippen LogP contribution in [0.1, 0.15) is 18.4 Å². The smallest absolute Gasteiger partial charge is 0.409 e. The van der Waals surface area contributed by atoms with Gasteiger partial charge in [-0.1, -0.05) is 53.7 Å². The molecule has 8 nitrogen and oxygen atoms in total. The lowest BCUT2D eigenvalue weighted by Gasteiger charge is -2.07. The molecule has 134 valence electrons. The van der Waals surface area contributed by atoms with E-state index in [2.05, 4.69) is 10.1 Å². The fourth-order valence-corrected chi connectivity index (χ4v) is 2.59. The Balaban J connectivity index is 2.00. The third kappa shape index (κ3) is 3.60. The molecule has 0 saturated carbocycles. The summed E-state index contributed by atoms with van der Waals surface area (Å²) in [5.41, 5.74) is 1.25. The number of hydrogen-bond acceptors (Lipinski definition) is 5. The summed E-state index contributed by atoms with van der Waals surface area (Å²) >= 11 is 5.84. The summed E-state index contributed by atoms with van der Waals surface area (Å²) in [5, 5.41) is 26.0. The van der Waals surface area contributed by atoms with Gasteiger partial charge in [-0.05, 0) is 39.5 Å². The molecule has 0 fully saturated rings. The molecule has 26 heavy (non-hydrogen) atoms. The van der Waals surface area contributed by atoms with Crippen molar-refractivity contribution in [3.63, 3.8) is 0 Å². The van der Waals surface area contributed by atoms with Crippen LogP contribution >= 0.6 is 11.6 Å². The van der Waals surface area contributed by atoms with Gasteiger partial charge in [0.25, 0.3) is 5.49 Å². The standard InChI is InChI=1S/C17H16ClN5O3/c1-12(13-5-3-2-4-6-13)11-19-16-17(23(25)26)20-21(22(16)24)15-9-7-14(18)8-10-15/h2-10,12,24H,11H2,1H3/t12-/m1/s1. The summed E-state index contributed by atoms with van der Waals surface area (Å²) < 4.78 is 0. The maximum atomic E-state index is 11.3. The molecule has 1 atom stereocenters. The molecule has 9 heteroatoms. The molecule has 1 heterocycles. The highest BCUT2D eigenvalue weighted by Crippen LogP contribution is 2.15. The van der Waals surface area contributed by atoms with E-state index in [1.165, 1.54) is 0 Å². The number of hydrogen-bond donors (Lipinski definition) is 1. The van der Waals surface area contributed by atoms with Crippen molar-refractivity contribution >= 4 is 17.4 Å². The highest BCUT2D eigenvalue weighted by atomic mass is 35.5. The minimum absolute atomic E-state index is 0.0229. The molecule has 1 aromatic heterocycles. The van der Waals surface area contributed by atoms with Crippen LogP contribution in [0.4, 0.5) is 5.82 Å². The zero-order valence-electron chi connectivity index (χ0n) is 13.9. The van der Waals surface area contributed by atoms with E-state index in [0.717, 1.165) is 10.4 Å². The molecule has 0 unspecified atom stereocenters. The molecule has 0 aliphatic carbocycles. The zero-order chi connectivity index (χ0) is 18.7. The highest BCUT2D eigenvalue weighted by molar-refractivity contribution is 6.30. The molecule has 0 aliphatic rings. The van der Waals surface area contributed by atoms with Gasteiger partial charge in [-0.3, -0.25) is 4.99 Å². The fraction of sp³-hybridized carbons (Fsp3) is 0.176. The minimum atomic E-state index is -0.675. The number of nitro groups is 1. The van der Waals surface area contributed by atoms with Crippen LogP contribution in [0.5, 0.6) is 0 Å². The predicted molar refractivity (Wildman–Crippen MR) is 95.7 cm³/mol. The second-order valence-corrected chi connectivity index (χ2v) is 6.15. The third-order valence-electron chi connectivity index (χ3n) is 3.87. The molecule has 3 aromatic rings. The van der Waals surface area contributed by atoms with Gasteiger partial charge in [-0.2, -0.15) is 0 Å². The van der Waals surface area contributed by atoms with Crippen molar-refractivity contribution in [1.29, 1.82) is 0 Å². The number of halogens is 1. The Kier molecular flexibility index (Phi) is 5.04. The first-order chi connectivity index (χ1) is 12.5. The van der Waals surface area contributed by atoms with Crippen molar-refractivity contribution in [2.75, 3.05) is 6.54 Å². The molecule has 0 radical (unpaired) electrons. The van der Waals surface area contributed by atoms with Crippen molar-refractivity contribution in [3.8, 4) is 5.69 Å². The van der Waals surface area contributed by atoms with Gasteiger partial charge in [-0.15, -0.1) is 0 Å². The van der Waals surface area contributed by atoms with Crippen LogP contribution in [-0.4, -0.2) is 31.4 Å². The SMILES string of the molecule is C[C@H](CN=c1c([N+](=O)[O-])nn(-c2ccc(Cl)cc2)n1O)c1ccccc1. The minimum Gasteiger partial charge on any atom is -0.409 e. The van der Waals surface area contributed by atoms with E-state index in [0.29, 0.717) is 15.6 Å². The molecule has 0 aliphatic heterocycles. The summed E-state index contributed by atoms with van der Waals surface area (Å²) in [6, 6.07) is 16.0. The summed E-state index contributed by atoms with van der Waals surface area (Å²) in [6.45, 7) is 2.22. The fourth-order valence-electron chi connectivity index (χ4n) is 2.46. The maximum Gasteiger partial charge on any atom is 0.438 e. The van der Waals surface area contributed by atoms with Crippen LogP contribution in [0.25, 0.3) is 5.69 Å². The van der Waals surface area contributed by atoms with Gasteiger partial charge in [-0.25, -0.2) is 0 Å². The lowest BCUT2D eigenvalue weighted by molar-refractivity contribution is -0.391. The van der Waals surface area contributed by atoms with E-state index < -0.39 is 10.7 Å². The van der Waals surface area contributed by atoms with Crippen molar-refractivity contribution in [3.05, 3.63) is 80.8 Å². The Bertz CT molecular complexity index is 980. The Morgan fingerprint density at radius 1 is 1.23 bits per heavy atom. The lowest BCUT2D eigenvalue weighted by Crippen LogP contribution is -2.23. The second kappa shape index (κ2) is 7.40. The lowest BCUT2D eigenvalue weighted by atomic mass is 10.0. The molecule has 0 saturated heterocycles.